The number of amides is 1. The summed E-state index contributed by atoms with van der Waals surface area (Å²) in [5.41, 5.74) is 3.09. The van der Waals surface area contributed by atoms with Crippen molar-refractivity contribution < 1.29 is 4.79 Å². The number of halogens is 2. The molecule has 0 saturated heterocycles. The maximum absolute atomic E-state index is 11.9. The highest BCUT2D eigenvalue weighted by Gasteiger charge is 2.03. The number of carbonyl (C=O) groups excluding carboxylic acids is 1. The average Bonchev–Trinajstić information content (AvgIpc) is 2.49. The van der Waals surface area contributed by atoms with E-state index >= 15 is 0 Å². The summed E-state index contributed by atoms with van der Waals surface area (Å²) in [5.74, 6) is -0.000593. The van der Waals surface area contributed by atoms with Crippen LogP contribution in [0.5, 0.6) is 0 Å². The van der Waals surface area contributed by atoms with Crippen LogP contribution in [0.4, 0.5) is 5.69 Å². The Labute approximate surface area is 144 Å². The fourth-order valence-electron chi connectivity index (χ4n) is 1.93. The predicted molar refractivity (Wildman–Crippen MR) is 95.3 cm³/mol. The van der Waals surface area contributed by atoms with Crippen LogP contribution in [-0.2, 0) is 11.3 Å². The predicted octanol–water partition coefficient (Wildman–Crippen LogP) is 4.53. The summed E-state index contributed by atoms with van der Waals surface area (Å²) in [6.07, 6.45) is 0.430. The van der Waals surface area contributed by atoms with Crippen LogP contribution in [-0.4, -0.2) is 12.5 Å². The summed E-state index contributed by atoms with van der Waals surface area (Å²) in [6, 6.07) is 13.4. The lowest BCUT2D eigenvalue weighted by molar-refractivity contribution is -0.116. The molecule has 2 aromatic carbocycles. The number of hydrogen-bond donors (Lipinski definition) is 2. The van der Waals surface area contributed by atoms with Gasteiger partial charge in [0, 0.05) is 34.7 Å². The molecule has 0 fully saturated rings. The minimum absolute atomic E-state index is 0.000593. The smallest absolute Gasteiger partial charge is 0.225 e. The summed E-state index contributed by atoms with van der Waals surface area (Å²) in [7, 11) is 0. The second-order valence-corrected chi connectivity index (χ2v) is 6.36. The van der Waals surface area contributed by atoms with Crippen LogP contribution in [0.25, 0.3) is 0 Å². The molecule has 0 spiro atoms. The number of nitrogens with one attached hydrogen (secondary N) is 2. The van der Waals surface area contributed by atoms with Crippen LogP contribution in [0.1, 0.15) is 17.5 Å². The fourth-order valence-corrected chi connectivity index (χ4v) is 2.44. The molecule has 3 nitrogen and oxygen atoms in total. The van der Waals surface area contributed by atoms with E-state index in [0.717, 1.165) is 32.9 Å². The monoisotopic (exact) mass is 380 g/mol. The molecule has 0 radical (unpaired) electrons. The van der Waals surface area contributed by atoms with Crippen LogP contribution in [0, 0.1) is 6.92 Å². The normalized spacial score (nSPS) is 10.5. The largest absolute Gasteiger partial charge is 0.326 e. The van der Waals surface area contributed by atoms with Gasteiger partial charge in [-0.15, -0.1) is 0 Å². The van der Waals surface area contributed by atoms with Gasteiger partial charge in [-0.2, -0.15) is 0 Å². The van der Waals surface area contributed by atoms with E-state index in [-0.39, 0.29) is 5.91 Å². The molecule has 0 atom stereocenters. The lowest BCUT2D eigenvalue weighted by Gasteiger charge is -2.08. The first-order valence-electron chi connectivity index (χ1n) is 7.06. The van der Waals surface area contributed by atoms with Crippen molar-refractivity contribution in [3.8, 4) is 0 Å². The van der Waals surface area contributed by atoms with Crippen molar-refractivity contribution in [3.63, 3.8) is 0 Å². The zero-order valence-electron chi connectivity index (χ0n) is 12.3. The second kappa shape index (κ2) is 8.32. The SMILES string of the molecule is Cc1ccc(NC(=O)CCNCc2ccc(Cl)cc2)cc1Br. The van der Waals surface area contributed by atoms with Gasteiger partial charge in [0.2, 0.25) is 5.91 Å². The van der Waals surface area contributed by atoms with Crippen molar-refractivity contribution in [3.05, 3.63) is 63.1 Å². The van der Waals surface area contributed by atoms with Gasteiger partial charge in [-0.1, -0.05) is 45.7 Å². The van der Waals surface area contributed by atoms with Crippen molar-refractivity contribution in [2.75, 3.05) is 11.9 Å². The summed E-state index contributed by atoms with van der Waals surface area (Å²) < 4.78 is 0.992. The zero-order valence-corrected chi connectivity index (χ0v) is 14.7. The van der Waals surface area contributed by atoms with E-state index < -0.39 is 0 Å². The van der Waals surface area contributed by atoms with E-state index in [0.29, 0.717) is 13.0 Å². The second-order valence-electron chi connectivity index (χ2n) is 5.07. The number of anilines is 1. The molecular weight excluding hydrogens is 364 g/mol. The average molecular weight is 382 g/mol. The van der Waals surface area contributed by atoms with Crippen LogP contribution in [0.2, 0.25) is 5.02 Å². The molecular formula is C17H18BrClN2O. The van der Waals surface area contributed by atoms with Gasteiger partial charge in [0.15, 0.2) is 0 Å². The third-order valence-corrected chi connectivity index (χ3v) is 4.33. The Morgan fingerprint density at radius 1 is 1.18 bits per heavy atom. The Morgan fingerprint density at radius 3 is 2.59 bits per heavy atom. The molecule has 0 bridgehead atoms. The molecule has 2 rings (SSSR count). The van der Waals surface area contributed by atoms with Crippen molar-refractivity contribution in [2.45, 2.75) is 19.9 Å². The Hall–Kier alpha value is -1.36. The minimum Gasteiger partial charge on any atom is -0.326 e. The van der Waals surface area contributed by atoms with Crippen molar-refractivity contribution >= 4 is 39.1 Å². The lowest BCUT2D eigenvalue weighted by atomic mass is 10.2. The van der Waals surface area contributed by atoms with Crippen LogP contribution in [0.15, 0.2) is 46.9 Å². The van der Waals surface area contributed by atoms with Crippen LogP contribution >= 0.6 is 27.5 Å². The standard InChI is InChI=1S/C17H18BrClN2O/c1-12-2-7-15(10-16(12)18)21-17(22)8-9-20-11-13-3-5-14(19)6-4-13/h2-7,10,20H,8-9,11H2,1H3,(H,21,22). The van der Waals surface area contributed by atoms with Gasteiger partial charge in [0.1, 0.15) is 0 Å². The molecule has 5 heteroatoms. The molecule has 0 aromatic heterocycles. The van der Waals surface area contributed by atoms with E-state index in [1.165, 1.54) is 0 Å². The molecule has 2 aromatic rings. The molecule has 1 amide bonds. The van der Waals surface area contributed by atoms with E-state index in [4.69, 9.17) is 11.6 Å². The number of benzene rings is 2. The molecule has 0 heterocycles. The molecule has 2 N–H and O–H groups in total. The Bertz CT molecular complexity index is 644. The highest BCUT2D eigenvalue weighted by Crippen LogP contribution is 2.20. The maximum Gasteiger partial charge on any atom is 0.225 e. The van der Waals surface area contributed by atoms with E-state index in [1.807, 2.05) is 49.4 Å². The van der Waals surface area contributed by atoms with Gasteiger partial charge in [0.25, 0.3) is 0 Å². The molecule has 0 aliphatic heterocycles. The van der Waals surface area contributed by atoms with Gasteiger partial charge in [-0.3, -0.25) is 4.79 Å². The third kappa shape index (κ3) is 5.44. The van der Waals surface area contributed by atoms with Gasteiger partial charge >= 0.3 is 0 Å². The molecule has 116 valence electrons. The first-order valence-corrected chi connectivity index (χ1v) is 8.23. The Kier molecular flexibility index (Phi) is 6.43. The first-order chi connectivity index (χ1) is 10.5. The van der Waals surface area contributed by atoms with E-state index in [9.17, 15) is 4.79 Å². The topological polar surface area (TPSA) is 41.1 Å². The van der Waals surface area contributed by atoms with Crippen molar-refractivity contribution in [1.29, 1.82) is 0 Å². The highest BCUT2D eigenvalue weighted by atomic mass is 79.9. The summed E-state index contributed by atoms with van der Waals surface area (Å²) in [6.45, 7) is 3.36. The molecule has 0 aliphatic rings. The van der Waals surface area contributed by atoms with Crippen molar-refractivity contribution in [1.82, 2.24) is 5.32 Å². The van der Waals surface area contributed by atoms with Gasteiger partial charge in [0.05, 0.1) is 0 Å². The zero-order chi connectivity index (χ0) is 15.9. The number of rotatable bonds is 6. The Balaban J connectivity index is 1.71. The summed E-state index contributed by atoms with van der Waals surface area (Å²) in [5, 5.41) is 6.86. The van der Waals surface area contributed by atoms with Gasteiger partial charge in [-0.25, -0.2) is 0 Å². The lowest BCUT2D eigenvalue weighted by Crippen LogP contribution is -2.21. The van der Waals surface area contributed by atoms with Crippen LogP contribution in [0.3, 0.4) is 0 Å². The van der Waals surface area contributed by atoms with Crippen LogP contribution < -0.4 is 10.6 Å². The molecule has 22 heavy (non-hydrogen) atoms. The number of aryl methyl sites for hydroxylation is 1. The Morgan fingerprint density at radius 2 is 1.91 bits per heavy atom. The molecule has 0 unspecified atom stereocenters. The van der Waals surface area contributed by atoms with E-state index in [1.54, 1.807) is 0 Å². The fraction of sp³-hybridized carbons (Fsp3) is 0.235. The quantitative estimate of drug-likeness (QED) is 0.722. The van der Waals surface area contributed by atoms with Gasteiger partial charge in [-0.05, 0) is 42.3 Å². The molecule has 0 saturated carbocycles. The summed E-state index contributed by atoms with van der Waals surface area (Å²) in [4.78, 5) is 11.9. The first kappa shape index (κ1) is 17.0. The molecule has 0 aliphatic carbocycles. The highest BCUT2D eigenvalue weighted by molar-refractivity contribution is 9.10. The number of carbonyl (C=O) groups is 1. The number of hydrogen-bond acceptors (Lipinski definition) is 2. The van der Waals surface area contributed by atoms with Crippen molar-refractivity contribution in [2.24, 2.45) is 0 Å². The summed E-state index contributed by atoms with van der Waals surface area (Å²) >= 11 is 9.29. The maximum atomic E-state index is 11.9. The third-order valence-electron chi connectivity index (χ3n) is 3.23. The van der Waals surface area contributed by atoms with E-state index in [2.05, 4.69) is 26.6 Å². The van der Waals surface area contributed by atoms with Gasteiger partial charge < -0.3 is 10.6 Å². The minimum atomic E-state index is -0.000593.